The topological polar surface area (TPSA) is 88.7 Å². The van der Waals surface area contributed by atoms with Crippen molar-refractivity contribution in [3.63, 3.8) is 0 Å². The van der Waals surface area contributed by atoms with E-state index in [0.717, 1.165) is 0 Å². The summed E-state index contributed by atoms with van der Waals surface area (Å²) in [5.74, 6) is -1.78. The van der Waals surface area contributed by atoms with Gasteiger partial charge >= 0.3 is 6.03 Å². The molecule has 7 nitrogen and oxygen atoms in total. The van der Waals surface area contributed by atoms with Crippen LogP contribution in [0, 0.1) is 0 Å². The second kappa shape index (κ2) is 5.63. The van der Waals surface area contributed by atoms with Crippen molar-refractivity contribution < 1.29 is 19.1 Å². The fourth-order valence-corrected chi connectivity index (χ4v) is 2.89. The molecule has 1 saturated heterocycles. The summed E-state index contributed by atoms with van der Waals surface area (Å²) in [7, 11) is 0. The van der Waals surface area contributed by atoms with Crippen molar-refractivity contribution in [1.29, 1.82) is 0 Å². The van der Waals surface area contributed by atoms with Gasteiger partial charge < -0.3 is 25.4 Å². The smallest absolute Gasteiger partial charge is 0.323 e. The maximum absolute atomic E-state index is 12.3. The Morgan fingerprint density at radius 1 is 1.00 bits per heavy atom. The molecule has 0 unspecified atom stereocenters. The molecule has 2 aliphatic heterocycles. The first-order valence-corrected chi connectivity index (χ1v) is 7.55. The molecule has 2 aromatic rings. The molecule has 3 amide bonds. The van der Waals surface area contributed by atoms with Gasteiger partial charge in [0, 0.05) is 11.3 Å². The Hall–Kier alpha value is -2.90. The SMILES string of the molecule is O=C(Nc1ccccc1)Nc1cccc2c1NC(=O)C21OCCO1. The van der Waals surface area contributed by atoms with Gasteiger partial charge in [-0.2, -0.15) is 0 Å². The summed E-state index contributed by atoms with van der Waals surface area (Å²) in [6.45, 7) is 0.692. The highest BCUT2D eigenvalue weighted by Crippen LogP contribution is 2.45. The first-order valence-electron chi connectivity index (χ1n) is 7.55. The number of urea groups is 1. The van der Waals surface area contributed by atoms with Gasteiger partial charge in [-0.3, -0.25) is 4.79 Å². The Bertz CT molecular complexity index is 801. The van der Waals surface area contributed by atoms with Gasteiger partial charge in [0.15, 0.2) is 0 Å². The number of hydrogen-bond donors (Lipinski definition) is 3. The van der Waals surface area contributed by atoms with E-state index in [-0.39, 0.29) is 5.91 Å². The highest BCUT2D eigenvalue weighted by Gasteiger charge is 2.53. The van der Waals surface area contributed by atoms with Gasteiger partial charge in [-0.1, -0.05) is 30.3 Å². The summed E-state index contributed by atoms with van der Waals surface area (Å²) in [4.78, 5) is 24.5. The fourth-order valence-electron chi connectivity index (χ4n) is 2.89. The maximum atomic E-state index is 12.3. The first-order chi connectivity index (χ1) is 11.7. The van der Waals surface area contributed by atoms with E-state index < -0.39 is 11.8 Å². The van der Waals surface area contributed by atoms with E-state index >= 15 is 0 Å². The molecule has 0 atom stereocenters. The number of carbonyl (C=O) groups is 2. The van der Waals surface area contributed by atoms with E-state index in [9.17, 15) is 9.59 Å². The van der Waals surface area contributed by atoms with Crippen molar-refractivity contribution in [3.8, 4) is 0 Å². The lowest BCUT2D eigenvalue weighted by atomic mass is 10.1. The number of rotatable bonds is 2. The van der Waals surface area contributed by atoms with Crippen molar-refractivity contribution in [1.82, 2.24) is 0 Å². The maximum Gasteiger partial charge on any atom is 0.323 e. The van der Waals surface area contributed by atoms with Crippen LogP contribution in [0.25, 0.3) is 0 Å². The van der Waals surface area contributed by atoms with Gasteiger partial charge in [-0.05, 0) is 18.2 Å². The number of ether oxygens (including phenoxy) is 2. The highest BCUT2D eigenvalue weighted by atomic mass is 16.7. The minimum Gasteiger partial charge on any atom is -0.336 e. The van der Waals surface area contributed by atoms with Gasteiger partial charge in [-0.25, -0.2) is 4.79 Å². The van der Waals surface area contributed by atoms with Crippen LogP contribution in [0.3, 0.4) is 0 Å². The molecule has 0 aromatic heterocycles. The van der Waals surface area contributed by atoms with E-state index in [2.05, 4.69) is 16.0 Å². The van der Waals surface area contributed by atoms with Crippen molar-refractivity contribution in [3.05, 3.63) is 54.1 Å². The van der Waals surface area contributed by atoms with Crippen LogP contribution in [0.2, 0.25) is 0 Å². The van der Waals surface area contributed by atoms with Gasteiger partial charge in [0.05, 0.1) is 24.6 Å². The van der Waals surface area contributed by atoms with Gasteiger partial charge in [0.2, 0.25) is 0 Å². The van der Waals surface area contributed by atoms with Crippen LogP contribution in [0.1, 0.15) is 5.56 Å². The zero-order valence-corrected chi connectivity index (χ0v) is 12.7. The van der Waals surface area contributed by atoms with Crippen molar-refractivity contribution >= 4 is 29.0 Å². The van der Waals surface area contributed by atoms with Crippen LogP contribution >= 0.6 is 0 Å². The normalized spacial score (nSPS) is 17.4. The minimum atomic E-state index is -1.40. The van der Waals surface area contributed by atoms with E-state index in [1.54, 1.807) is 30.3 Å². The Balaban J connectivity index is 1.59. The third kappa shape index (κ3) is 2.31. The highest BCUT2D eigenvalue weighted by molar-refractivity contribution is 6.10. The summed E-state index contributed by atoms with van der Waals surface area (Å²) in [6, 6.07) is 13.9. The van der Waals surface area contributed by atoms with E-state index in [1.807, 2.05) is 18.2 Å². The van der Waals surface area contributed by atoms with Crippen LogP contribution < -0.4 is 16.0 Å². The Morgan fingerprint density at radius 3 is 2.50 bits per heavy atom. The Kier molecular flexibility index (Phi) is 3.44. The van der Waals surface area contributed by atoms with Crippen molar-refractivity contribution in [2.45, 2.75) is 5.79 Å². The summed E-state index contributed by atoms with van der Waals surface area (Å²) < 4.78 is 11.1. The number of amides is 3. The number of benzene rings is 2. The van der Waals surface area contributed by atoms with Gasteiger partial charge in [-0.15, -0.1) is 0 Å². The summed E-state index contributed by atoms with van der Waals surface area (Å²) >= 11 is 0. The molecule has 0 radical (unpaired) electrons. The van der Waals surface area contributed by atoms with Crippen molar-refractivity contribution in [2.24, 2.45) is 0 Å². The lowest BCUT2D eigenvalue weighted by Gasteiger charge is -2.19. The van der Waals surface area contributed by atoms with Crippen molar-refractivity contribution in [2.75, 3.05) is 29.2 Å². The molecule has 2 aliphatic rings. The standard InChI is InChI=1S/C17H15N3O4/c21-15-17(23-9-10-24-17)12-7-4-8-13(14(12)20-15)19-16(22)18-11-5-2-1-3-6-11/h1-8H,9-10H2,(H,20,21)(H2,18,19,22). The van der Waals surface area contributed by atoms with E-state index in [1.165, 1.54) is 0 Å². The Morgan fingerprint density at radius 2 is 1.75 bits per heavy atom. The molecule has 0 aliphatic carbocycles. The number of para-hydroxylation sites is 2. The van der Waals surface area contributed by atoms with Crippen LogP contribution in [-0.4, -0.2) is 25.2 Å². The van der Waals surface area contributed by atoms with Crippen LogP contribution in [-0.2, 0) is 20.1 Å². The zero-order chi connectivity index (χ0) is 16.6. The van der Waals surface area contributed by atoms with E-state index in [0.29, 0.717) is 35.8 Å². The number of hydrogen-bond acceptors (Lipinski definition) is 4. The summed E-state index contributed by atoms with van der Waals surface area (Å²) in [5.41, 5.74) is 2.21. The number of nitrogens with one attached hydrogen (secondary N) is 3. The zero-order valence-electron chi connectivity index (χ0n) is 12.7. The van der Waals surface area contributed by atoms with Gasteiger partial charge in [0.1, 0.15) is 0 Å². The van der Waals surface area contributed by atoms with E-state index in [4.69, 9.17) is 9.47 Å². The quantitative estimate of drug-likeness (QED) is 0.791. The summed E-state index contributed by atoms with van der Waals surface area (Å²) in [5, 5.41) is 8.21. The molecule has 0 bridgehead atoms. The molecule has 1 fully saturated rings. The average molecular weight is 325 g/mol. The lowest BCUT2D eigenvalue weighted by molar-refractivity contribution is -0.178. The van der Waals surface area contributed by atoms with Gasteiger partial charge in [0.25, 0.3) is 11.7 Å². The summed E-state index contributed by atoms with van der Waals surface area (Å²) in [6.07, 6.45) is 0. The molecule has 2 heterocycles. The first kappa shape index (κ1) is 14.7. The minimum absolute atomic E-state index is 0.346. The molecule has 1 spiro atoms. The predicted octanol–water partition coefficient (Wildman–Crippen LogP) is 2.48. The molecule has 0 saturated carbocycles. The monoisotopic (exact) mass is 325 g/mol. The second-order valence-electron chi connectivity index (χ2n) is 5.44. The molecule has 2 aromatic carbocycles. The molecular formula is C17H15N3O4. The molecular weight excluding hydrogens is 310 g/mol. The molecule has 24 heavy (non-hydrogen) atoms. The largest absolute Gasteiger partial charge is 0.336 e. The van der Waals surface area contributed by atoms with Crippen LogP contribution in [0.4, 0.5) is 21.9 Å². The van der Waals surface area contributed by atoms with Crippen LogP contribution in [0.15, 0.2) is 48.5 Å². The second-order valence-corrected chi connectivity index (χ2v) is 5.44. The fraction of sp³-hybridized carbons (Fsp3) is 0.176. The lowest BCUT2D eigenvalue weighted by Crippen LogP contribution is -2.35. The average Bonchev–Trinajstić information content (AvgIpc) is 3.17. The Labute approximate surface area is 138 Å². The third-order valence-corrected chi connectivity index (χ3v) is 3.93. The van der Waals surface area contributed by atoms with Crippen LogP contribution in [0.5, 0.6) is 0 Å². The molecule has 3 N–H and O–H groups in total. The number of carbonyl (C=O) groups excluding carboxylic acids is 2. The number of fused-ring (bicyclic) bond motifs is 2. The molecule has 4 rings (SSSR count). The third-order valence-electron chi connectivity index (χ3n) is 3.93. The number of anilines is 3. The molecule has 122 valence electrons. The predicted molar refractivity (Wildman–Crippen MR) is 87.7 cm³/mol. The molecule has 7 heteroatoms.